The van der Waals surface area contributed by atoms with E-state index in [1.807, 2.05) is 12.3 Å². The summed E-state index contributed by atoms with van der Waals surface area (Å²) in [6, 6.07) is 5.54. The molecule has 4 rings (SSSR count). The van der Waals surface area contributed by atoms with Crippen LogP contribution in [0.4, 0.5) is 10.5 Å². The molecule has 1 N–H and O–H groups in total. The Kier molecular flexibility index (Phi) is 5.35. The van der Waals surface area contributed by atoms with E-state index in [1.165, 1.54) is 29.6 Å². The predicted octanol–water partition coefficient (Wildman–Crippen LogP) is 4.23. The van der Waals surface area contributed by atoms with Crippen LogP contribution in [-0.4, -0.2) is 46.7 Å². The number of nitrogens with one attached hydrogen (secondary N) is 1. The van der Waals surface area contributed by atoms with Crippen molar-refractivity contribution in [1.82, 2.24) is 14.5 Å². The number of carbonyl (C=O) groups excluding carboxylic acids is 2. The SMILES string of the molecule is CCn1cc(C2=CCN(C(=O)Nc3ccsc3C(=O)OC)CC2)c2cccnc21. The maximum Gasteiger partial charge on any atom is 0.350 e. The van der Waals surface area contributed by atoms with E-state index in [-0.39, 0.29) is 6.03 Å². The summed E-state index contributed by atoms with van der Waals surface area (Å²) in [7, 11) is 1.33. The highest BCUT2D eigenvalue weighted by Crippen LogP contribution is 2.30. The van der Waals surface area contributed by atoms with Crippen molar-refractivity contribution in [3.63, 3.8) is 0 Å². The van der Waals surface area contributed by atoms with Crippen molar-refractivity contribution in [2.45, 2.75) is 19.9 Å². The zero-order chi connectivity index (χ0) is 20.4. The van der Waals surface area contributed by atoms with E-state index in [2.05, 4.69) is 40.1 Å². The largest absolute Gasteiger partial charge is 0.465 e. The number of carbonyl (C=O) groups is 2. The lowest BCUT2D eigenvalue weighted by molar-refractivity contribution is 0.0607. The van der Waals surface area contributed by atoms with Gasteiger partial charge in [0.15, 0.2) is 0 Å². The van der Waals surface area contributed by atoms with Crippen LogP contribution in [0.3, 0.4) is 0 Å². The minimum atomic E-state index is -0.447. The Morgan fingerprint density at radius 2 is 2.21 bits per heavy atom. The molecule has 0 atom stereocenters. The molecule has 3 aromatic rings. The second kappa shape index (κ2) is 8.08. The van der Waals surface area contributed by atoms with Gasteiger partial charge in [-0.05, 0) is 42.5 Å². The average molecular weight is 410 g/mol. The number of aryl methyl sites for hydroxylation is 1. The molecule has 3 aromatic heterocycles. The summed E-state index contributed by atoms with van der Waals surface area (Å²) in [6.07, 6.45) is 6.82. The Bertz CT molecular complexity index is 1100. The van der Waals surface area contributed by atoms with E-state index >= 15 is 0 Å². The van der Waals surface area contributed by atoms with Gasteiger partial charge < -0.3 is 19.5 Å². The lowest BCUT2D eigenvalue weighted by Gasteiger charge is -2.26. The summed E-state index contributed by atoms with van der Waals surface area (Å²) in [5.74, 6) is -0.447. The lowest BCUT2D eigenvalue weighted by Crippen LogP contribution is -2.38. The number of esters is 1. The summed E-state index contributed by atoms with van der Waals surface area (Å²) in [5, 5.41) is 5.72. The van der Waals surface area contributed by atoms with E-state index in [0.29, 0.717) is 23.7 Å². The molecule has 1 aliphatic rings. The molecule has 0 bridgehead atoms. The molecule has 0 radical (unpaired) electrons. The molecule has 0 unspecified atom stereocenters. The summed E-state index contributed by atoms with van der Waals surface area (Å²) in [5.41, 5.74) is 3.88. The van der Waals surface area contributed by atoms with Crippen LogP contribution >= 0.6 is 11.3 Å². The van der Waals surface area contributed by atoms with Gasteiger partial charge in [-0.2, -0.15) is 0 Å². The second-order valence-corrected chi connectivity index (χ2v) is 7.63. The van der Waals surface area contributed by atoms with Crippen molar-refractivity contribution < 1.29 is 14.3 Å². The van der Waals surface area contributed by atoms with Gasteiger partial charge in [0, 0.05) is 43.0 Å². The minimum absolute atomic E-state index is 0.221. The van der Waals surface area contributed by atoms with Crippen molar-refractivity contribution >= 4 is 45.6 Å². The molecule has 0 spiro atoms. The fraction of sp³-hybridized carbons (Fsp3) is 0.286. The molecule has 0 aliphatic carbocycles. The number of methoxy groups -OCH3 is 1. The standard InChI is InChI=1S/C21H22N4O3S/c1-3-24-13-16(15-5-4-9-22-19(15)24)14-6-10-25(11-7-14)21(27)23-17-8-12-29-18(17)20(26)28-2/h4-6,8-9,12-13H,3,7,10-11H2,1-2H3,(H,23,27). The summed E-state index contributed by atoms with van der Waals surface area (Å²) in [4.78, 5) is 31.1. The third kappa shape index (κ3) is 3.63. The van der Waals surface area contributed by atoms with E-state index in [9.17, 15) is 9.59 Å². The van der Waals surface area contributed by atoms with Crippen LogP contribution in [0.25, 0.3) is 16.6 Å². The van der Waals surface area contributed by atoms with Crippen LogP contribution in [0.15, 0.2) is 42.0 Å². The number of pyridine rings is 1. The number of nitrogens with zero attached hydrogens (tertiary/aromatic N) is 3. The van der Waals surface area contributed by atoms with Crippen LogP contribution in [-0.2, 0) is 11.3 Å². The zero-order valence-corrected chi connectivity index (χ0v) is 17.2. The highest BCUT2D eigenvalue weighted by atomic mass is 32.1. The number of thiophene rings is 1. The molecular formula is C21H22N4O3S. The number of urea groups is 1. The molecule has 0 saturated carbocycles. The number of rotatable bonds is 4. The van der Waals surface area contributed by atoms with Gasteiger partial charge in [0.25, 0.3) is 0 Å². The van der Waals surface area contributed by atoms with Gasteiger partial charge >= 0.3 is 12.0 Å². The molecule has 0 saturated heterocycles. The molecule has 1 aliphatic heterocycles. The molecule has 8 heteroatoms. The molecule has 4 heterocycles. The summed E-state index contributed by atoms with van der Waals surface area (Å²) >= 11 is 1.25. The van der Waals surface area contributed by atoms with Gasteiger partial charge in [-0.15, -0.1) is 11.3 Å². The maximum atomic E-state index is 12.7. The topological polar surface area (TPSA) is 76.5 Å². The van der Waals surface area contributed by atoms with Crippen molar-refractivity contribution in [2.24, 2.45) is 0 Å². The first-order valence-corrected chi connectivity index (χ1v) is 10.3. The fourth-order valence-corrected chi connectivity index (χ4v) is 4.34. The Morgan fingerprint density at radius 3 is 2.93 bits per heavy atom. The van der Waals surface area contributed by atoms with E-state index in [1.54, 1.807) is 16.3 Å². The molecule has 0 aromatic carbocycles. The van der Waals surface area contributed by atoms with Gasteiger partial charge in [-0.3, -0.25) is 0 Å². The predicted molar refractivity (Wildman–Crippen MR) is 114 cm³/mol. The number of amides is 2. The molecule has 29 heavy (non-hydrogen) atoms. The van der Waals surface area contributed by atoms with Crippen molar-refractivity contribution in [2.75, 3.05) is 25.5 Å². The minimum Gasteiger partial charge on any atom is -0.465 e. The van der Waals surface area contributed by atoms with Crippen LogP contribution in [0.1, 0.15) is 28.6 Å². The smallest absolute Gasteiger partial charge is 0.350 e. The third-order valence-electron chi connectivity index (χ3n) is 5.09. The van der Waals surface area contributed by atoms with E-state index < -0.39 is 5.97 Å². The first-order chi connectivity index (χ1) is 14.1. The van der Waals surface area contributed by atoms with Gasteiger partial charge in [0.05, 0.1) is 12.8 Å². The third-order valence-corrected chi connectivity index (χ3v) is 5.99. The Hall–Kier alpha value is -3.13. The number of fused-ring (bicyclic) bond motifs is 1. The zero-order valence-electron chi connectivity index (χ0n) is 16.3. The maximum absolute atomic E-state index is 12.7. The number of hydrogen-bond acceptors (Lipinski definition) is 5. The quantitative estimate of drug-likeness (QED) is 0.653. The van der Waals surface area contributed by atoms with E-state index in [4.69, 9.17) is 4.74 Å². The Morgan fingerprint density at radius 1 is 1.34 bits per heavy atom. The van der Waals surface area contributed by atoms with Gasteiger partial charge in [-0.25, -0.2) is 14.6 Å². The number of hydrogen-bond donors (Lipinski definition) is 1. The molecule has 7 nitrogen and oxygen atoms in total. The molecule has 2 amide bonds. The van der Waals surface area contributed by atoms with Gasteiger partial charge in [0.2, 0.25) is 0 Å². The van der Waals surface area contributed by atoms with Crippen molar-refractivity contribution in [1.29, 1.82) is 0 Å². The van der Waals surface area contributed by atoms with Gasteiger partial charge in [0.1, 0.15) is 10.5 Å². The van der Waals surface area contributed by atoms with Crippen LogP contribution in [0, 0.1) is 0 Å². The molecular weight excluding hydrogens is 388 g/mol. The van der Waals surface area contributed by atoms with Crippen LogP contribution in [0.2, 0.25) is 0 Å². The van der Waals surface area contributed by atoms with Crippen LogP contribution < -0.4 is 5.32 Å². The Labute approximate surface area is 172 Å². The first kappa shape index (κ1) is 19.2. The highest BCUT2D eigenvalue weighted by Gasteiger charge is 2.22. The average Bonchev–Trinajstić information content (AvgIpc) is 3.37. The monoisotopic (exact) mass is 410 g/mol. The summed E-state index contributed by atoms with van der Waals surface area (Å²) in [6.45, 7) is 4.08. The highest BCUT2D eigenvalue weighted by molar-refractivity contribution is 7.12. The van der Waals surface area contributed by atoms with Crippen molar-refractivity contribution in [3.05, 3.63) is 52.5 Å². The second-order valence-electron chi connectivity index (χ2n) is 6.71. The summed E-state index contributed by atoms with van der Waals surface area (Å²) < 4.78 is 6.91. The number of anilines is 1. The molecule has 0 fully saturated rings. The lowest BCUT2D eigenvalue weighted by atomic mass is 10.00. The number of ether oxygens (including phenoxy) is 1. The normalized spacial score (nSPS) is 14.0. The number of aromatic nitrogens is 2. The fourth-order valence-electron chi connectivity index (χ4n) is 3.57. The van der Waals surface area contributed by atoms with Crippen molar-refractivity contribution in [3.8, 4) is 0 Å². The van der Waals surface area contributed by atoms with Gasteiger partial charge in [-0.1, -0.05) is 6.08 Å². The van der Waals surface area contributed by atoms with E-state index in [0.717, 1.165) is 24.0 Å². The van der Waals surface area contributed by atoms with Crippen LogP contribution in [0.5, 0.6) is 0 Å². The molecule has 150 valence electrons. The Balaban J connectivity index is 1.50. The first-order valence-electron chi connectivity index (χ1n) is 9.47.